The van der Waals surface area contributed by atoms with E-state index in [0.29, 0.717) is 11.4 Å². The summed E-state index contributed by atoms with van der Waals surface area (Å²) < 4.78 is 3.84. The number of nitrogens with zero attached hydrogens (tertiary/aromatic N) is 7. The summed E-state index contributed by atoms with van der Waals surface area (Å²) in [6.07, 6.45) is 5.14. The Morgan fingerprint density at radius 2 is 2.07 bits per heavy atom. The Bertz CT molecular complexity index is 1210. The van der Waals surface area contributed by atoms with Gasteiger partial charge in [0, 0.05) is 32.1 Å². The third kappa shape index (κ3) is 2.91. The second-order valence-corrected chi connectivity index (χ2v) is 6.56. The lowest BCUT2D eigenvalue weighted by Crippen LogP contribution is -2.14. The molecule has 0 bridgehead atoms. The molecule has 4 rings (SSSR count). The third-order valence-electron chi connectivity index (χ3n) is 4.68. The maximum Gasteiger partial charge on any atom is 0.222 e. The van der Waals surface area contributed by atoms with Crippen LogP contribution in [-0.2, 0) is 14.1 Å². The van der Waals surface area contributed by atoms with E-state index in [1.54, 1.807) is 6.20 Å². The number of pyridine rings is 1. The molecule has 0 aromatic carbocycles. The van der Waals surface area contributed by atoms with E-state index in [2.05, 4.69) is 32.5 Å². The largest absolute Gasteiger partial charge is 0.368 e. The normalized spacial score (nSPS) is 12.1. The van der Waals surface area contributed by atoms with Crippen LogP contribution in [0.15, 0.2) is 36.8 Å². The highest BCUT2D eigenvalue weighted by Crippen LogP contribution is 2.32. The van der Waals surface area contributed by atoms with Gasteiger partial charge in [0.2, 0.25) is 5.95 Å². The molecule has 3 N–H and O–H groups in total. The van der Waals surface area contributed by atoms with E-state index in [9.17, 15) is 5.26 Å². The predicted molar refractivity (Wildman–Crippen MR) is 106 cm³/mol. The van der Waals surface area contributed by atoms with Crippen molar-refractivity contribution < 1.29 is 0 Å². The van der Waals surface area contributed by atoms with Gasteiger partial charge in [-0.3, -0.25) is 4.68 Å². The molecule has 1 atom stereocenters. The van der Waals surface area contributed by atoms with Crippen LogP contribution in [0.5, 0.6) is 0 Å². The molecule has 4 heterocycles. The Kier molecular flexibility index (Phi) is 4.16. The molecule has 0 radical (unpaired) electrons. The van der Waals surface area contributed by atoms with E-state index in [-0.39, 0.29) is 12.0 Å². The van der Waals surface area contributed by atoms with E-state index >= 15 is 0 Å². The Balaban J connectivity index is 1.84. The average molecular weight is 373 g/mol. The standard InChI is InChI=1S/C19H19N9/c1-11(24-18-12(9-20)10-22-19(21)26-18)17-13(15-4-6-23-28(15)3)8-16-14(25-17)5-7-27(16)2/h4-8,10-11H,1-3H3,(H3,21,22,24,26)/t11-/m0/s1. The second kappa shape index (κ2) is 6.66. The number of hydrogen-bond acceptors (Lipinski definition) is 7. The summed E-state index contributed by atoms with van der Waals surface area (Å²) in [5.74, 6) is 0.487. The van der Waals surface area contributed by atoms with Gasteiger partial charge in [0.05, 0.1) is 34.7 Å². The summed E-state index contributed by atoms with van der Waals surface area (Å²) in [7, 11) is 3.88. The number of hydrogen-bond donors (Lipinski definition) is 2. The zero-order valence-corrected chi connectivity index (χ0v) is 15.7. The molecule has 0 saturated carbocycles. The zero-order chi connectivity index (χ0) is 19.8. The number of anilines is 2. The first kappa shape index (κ1) is 17.5. The molecular weight excluding hydrogens is 354 g/mol. The van der Waals surface area contributed by atoms with Crippen molar-refractivity contribution in [1.29, 1.82) is 5.26 Å². The maximum absolute atomic E-state index is 9.34. The van der Waals surface area contributed by atoms with Crippen molar-refractivity contribution in [2.24, 2.45) is 14.1 Å². The van der Waals surface area contributed by atoms with Crippen LogP contribution in [-0.4, -0.2) is 29.3 Å². The van der Waals surface area contributed by atoms with Crippen molar-refractivity contribution in [2.75, 3.05) is 11.1 Å². The molecule has 0 aliphatic rings. The molecule has 0 amide bonds. The van der Waals surface area contributed by atoms with Crippen molar-refractivity contribution in [3.8, 4) is 17.3 Å². The lowest BCUT2D eigenvalue weighted by Gasteiger charge is -2.19. The minimum absolute atomic E-state index is 0.104. The number of aryl methyl sites for hydroxylation is 2. The number of nitrogens with one attached hydrogen (secondary N) is 1. The van der Waals surface area contributed by atoms with Gasteiger partial charge >= 0.3 is 0 Å². The van der Waals surface area contributed by atoms with Gasteiger partial charge in [0.1, 0.15) is 17.5 Å². The predicted octanol–water partition coefficient (Wildman–Crippen LogP) is 2.39. The molecular formula is C19H19N9. The molecule has 9 heteroatoms. The summed E-state index contributed by atoms with van der Waals surface area (Å²) in [6.45, 7) is 1.97. The zero-order valence-electron chi connectivity index (χ0n) is 15.7. The van der Waals surface area contributed by atoms with Gasteiger partial charge in [0.15, 0.2) is 0 Å². The first-order valence-electron chi connectivity index (χ1n) is 8.71. The number of nitrogen functional groups attached to an aromatic ring is 1. The van der Waals surface area contributed by atoms with Gasteiger partial charge in [-0.2, -0.15) is 15.3 Å². The lowest BCUT2D eigenvalue weighted by atomic mass is 10.0. The van der Waals surface area contributed by atoms with Crippen molar-refractivity contribution in [3.63, 3.8) is 0 Å². The molecule has 9 nitrogen and oxygen atoms in total. The highest BCUT2D eigenvalue weighted by molar-refractivity contribution is 5.82. The van der Waals surface area contributed by atoms with E-state index in [0.717, 1.165) is 28.0 Å². The summed E-state index contributed by atoms with van der Waals surface area (Å²) in [5, 5.41) is 16.9. The van der Waals surface area contributed by atoms with Gasteiger partial charge in [0.25, 0.3) is 0 Å². The number of nitrogens with two attached hydrogens (primary N) is 1. The van der Waals surface area contributed by atoms with Crippen LogP contribution in [0.1, 0.15) is 24.2 Å². The van der Waals surface area contributed by atoms with Crippen LogP contribution in [0.4, 0.5) is 11.8 Å². The summed E-state index contributed by atoms with van der Waals surface area (Å²) in [5.41, 5.74) is 10.7. The van der Waals surface area contributed by atoms with E-state index in [1.165, 1.54) is 6.20 Å². The Morgan fingerprint density at radius 1 is 1.25 bits per heavy atom. The third-order valence-corrected chi connectivity index (χ3v) is 4.68. The molecule has 4 aromatic heterocycles. The van der Waals surface area contributed by atoms with Crippen LogP contribution in [0, 0.1) is 11.3 Å². The lowest BCUT2D eigenvalue weighted by molar-refractivity contribution is 0.769. The van der Waals surface area contributed by atoms with Gasteiger partial charge in [-0.25, -0.2) is 9.97 Å². The fraction of sp³-hybridized carbons (Fsp3) is 0.211. The SMILES string of the molecule is C[C@H](Nc1nc(N)ncc1C#N)c1nc2ccn(C)c2cc1-c1ccnn1C. The summed E-state index contributed by atoms with van der Waals surface area (Å²) >= 11 is 0. The number of nitriles is 1. The monoisotopic (exact) mass is 373 g/mol. The minimum Gasteiger partial charge on any atom is -0.368 e. The first-order chi connectivity index (χ1) is 13.5. The molecule has 0 aliphatic carbocycles. The first-order valence-corrected chi connectivity index (χ1v) is 8.71. The van der Waals surface area contributed by atoms with Gasteiger partial charge in [-0.1, -0.05) is 0 Å². The second-order valence-electron chi connectivity index (χ2n) is 6.56. The van der Waals surface area contributed by atoms with Crippen molar-refractivity contribution >= 4 is 22.8 Å². The minimum atomic E-state index is -0.240. The quantitative estimate of drug-likeness (QED) is 0.563. The van der Waals surface area contributed by atoms with Crippen molar-refractivity contribution in [1.82, 2.24) is 29.3 Å². The fourth-order valence-corrected chi connectivity index (χ4v) is 3.23. The Hall–Kier alpha value is -3.93. The molecule has 28 heavy (non-hydrogen) atoms. The topological polar surface area (TPSA) is 123 Å². The van der Waals surface area contributed by atoms with Crippen LogP contribution in [0.25, 0.3) is 22.3 Å². The molecule has 4 aromatic rings. The fourth-order valence-electron chi connectivity index (χ4n) is 3.23. The Labute approximate surface area is 161 Å². The molecule has 0 fully saturated rings. The highest BCUT2D eigenvalue weighted by Gasteiger charge is 2.20. The number of rotatable bonds is 4. The van der Waals surface area contributed by atoms with Gasteiger partial charge < -0.3 is 15.6 Å². The van der Waals surface area contributed by atoms with E-state index < -0.39 is 0 Å². The van der Waals surface area contributed by atoms with Crippen molar-refractivity contribution in [3.05, 3.63) is 48.0 Å². The van der Waals surface area contributed by atoms with E-state index in [4.69, 9.17) is 10.7 Å². The maximum atomic E-state index is 9.34. The number of aromatic nitrogens is 6. The summed E-state index contributed by atoms with van der Waals surface area (Å²) in [4.78, 5) is 12.9. The van der Waals surface area contributed by atoms with Gasteiger partial charge in [-0.05, 0) is 25.1 Å². The molecule has 0 unspecified atom stereocenters. The molecule has 0 saturated heterocycles. The molecule has 0 spiro atoms. The number of fused-ring (bicyclic) bond motifs is 1. The van der Waals surface area contributed by atoms with Crippen LogP contribution < -0.4 is 11.1 Å². The molecule has 140 valence electrons. The Morgan fingerprint density at radius 3 is 2.79 bits per heavy atom. The van der Waals surface area contributed by atoms with E-state index in [1.807, 2.05) is 48.6 Å². The van der Waals surface area contributed by atoms with Crippen LogP contribution >= 0.6 is 0 Å². The van der Waals surface area contributed by atoms with Crippen LogP contribution in [0.2, 0.25) is 0 Å². The average Bonchev–Trinajstić information content (AvgIpc) is 3.26. The highest BCUT2D eigenvalue weighted by atomic mass is 15.3. The van der Waals surface area contributed by atoms with Crippen LogP contribution in [0.3, 0.4) is 0 Å². The summed E-state index contributed by atoms with van der Waals surface area (Å²) in [6, 6.07) is 7.87. The molecule has 0 aliphatic heterocycles. The smallest absolute Gasteiger partial charge is 0.222 e. The van der Waals surface area contributed by atoms with Crippen molar-refractivity contribution in [2.45, 2.75) is 13.0 Å². The van der Waals surface area contributed by atoms with Gasteiger partial charge in [-0.15, -0.1) is 0 Å².